The molecule has 2 aromatic carbocycles. The molecule has 0 spiro atoms. The van der Waals surface area contributed by atoms with E-state index in [1.807, 2.05) is 36.4 Å². The molecule has 4 rings (SSSR count). The van der Waals surface area contributed by atoms with Gasteiger partial charge in [-0.25, -0.2) is 0 Å². The fourth-order valence-electron chi connectivity index (χ4n) is 5.28. The summed E-state index contributed by atoms with van der Waals surface area (Å²) in [6.07, 6.45) is 3.26. The van der Waals surface area contributed by atoms with E-state index in [2.05, 4.69) is 10.6 Å². The molecule has 0 saturated carbocycles. The first-order valence-electron chi connectivity index (χ1n) is 13.0. The van der Waals surface area contributed by atoms with Crippen LogP contribution in [0.3, 0.4) is 0 Å². The van der Waals surface area contributed by atoms with Gasteiger partial charge in [-0.05, 0) is 49.1 Å². The number of carbonyl (C=O) groups is 3. The van der Waals surface area contributed by atoms with E-state index in [1.54, 1.807) is 23.1 Å². The lowest BCUT2D eigenvalue weighted by Crippen LogP contribution is -2.62. The molecule has 2 saturated heterocycles. The molecule has 37 heavy (non-hydrogen) atoms. The van der Waals surface area contributed by atoms with Gasteiger partial charge in [-0.15, -0.1) is 0 Å². The molecule has 4 atom stereocenters. The minimum absolute atomic E-state index is 0.128. The Hall–Kier alpha value is -3.43. The van der Waals surface area contributed by atoms with Gasteiger partial charge in [0.15, 0.2) is 0 Å². The van der Waals surface area contributed by atoms with Crippen LogP contribution in [-0.4, -0.2) is 66.1 Å². The van der Waals surface area contributed by atoms with Crippen molar-refractivity contribution in [1.29, 1.82) is 0 Å². The summed E-state index contributed by atoms with van der Waals surface area (Å²) in [6.45, 7) is 1.14. The van der Waals surface area contributed by atoms with Crippen molar-refractivity contribution in [2.75, 3.05) is 26.3 Å². The Morgan fingerprint density at radius 3 is 2.68 bits per heavy atom. The molecule has 9 heteroatoms. The smallest absolute Gasteiger partial charge is 0.246 e. The summed E-state index contributed by atoms with van der Waals surface area (Å²) in [5.41, 5.74) is 7.23. The first-order chi connectivity index (χ1) is 18.0. The molecule has 0 unspecified atom stereocenters. The van der Waals surface area contributed by atoms with Crippen molar-refractivity contribution in [3.63, 3.8) is 0 Å². The quantitative estimate of drug-likeness (QED) is 0.320. The Bertz CT molecular complexity index is 1080. The van der Waals surface area contributed by atoms with Crippen molar-refractivity contribution in [3.8, 4) is 5.75 Å². The second-order valence-electron chi connectivity index (χ2n) is 9.58. The van der Waals surface area contributed by atoms with E-state index in [1.165, 1.54) is 0 Å². The second kappa shape index (κ2) is 12.7. The third-order valence-electron chi connectivity index (χ3n) is 7.02. The van der Waals surface area contributed by atoms with Crippen LogP contribution in [0.2, 0.25) is 0 Å². The van der Waals surface area contributed by atoms with Crippen molar-refractivity contribution >= 4 is 17.7 Å². The molecule has 9 nitrogen and oxygen atoms in total. The number of rotatable bonds is 12. The van der Waals surface area contributed by atoms with Crippen LogP contribution < -0.4 is 21.1 Å². The molecule has 0 radical (unpaired) electrons. The highest BCUT2D eigenvalue weighted by Crippen LogP contribution is 2.44. The maximum Gasteiger partial charge on any atom is 0.246 e. The van der Waals surface area contributed by atoms with Gasteiger partial charge in [0, 0.05) is 13.0 Å². The standard InChI is InChI=1S/C28H36N4O5/c29-12-5-2-6-13-30-26(34)22-18-24-27(35)31-23(16-19-8-3-1-4-9-19)28(36)32(24)25(22)20-10-7-11-21(17-20)37-15-14-33/h1,3-4,7-11,17,22-25,33H,2,5-6,12-16,18,29H2,(H,30,34)(H,31,35)/t22-,23+,24-,25-/m1/s1. The van der Waals surface area contributed by atoms with E-state index in [0.29, 0.717) is 25.3 Å². The van der Waals surface area contributed by atoms with Gasteiger partial charge < -0.3 is 31.1 Å². The molecule has 0 bridgehead atoms. The highest BCUT2D eigenvalue weighted by molar-refractivity contribution is 5.99. The van der Waals surface area contributed by atoms with E-state index in [9.17, 15) is 14.4 Å². The van der Waals surface area contributed by atoms with Crippen LogP contribution in [0.25, 0.3) is 0 Å². The molecule has 2 heterocycles. The fraction of sp³-hybridized carbons (Fsp3) is 0.464. The molecule has 0 aliphatic carbocycles. The largest absolute Gasteiger partial charge is 0.491 e. The summed E-state index contributed by atoms with van der Waals surface area (Å²) in [7, 11) is 0. The Labute approximate surface area is 217 Å². The highest BCUT2D eigenvalue weighted by atomic mass is 16.5. The predicted molar refractivity (Wildman–Crippen MR) is 138 cm³/mol. The molecule has 0 aromatic heterocycles. The normalized spacial score (nSPS) is 22.9. The number of aliphatic hydroxyl groups is 1. The third kappa shape index (κ3) is 6.29. The Morgan fingerprint density at radius 1 is 1.11 bits per heavy atom. The van der Waals surface area contributed by atoms with Crippen molar-refractivity contribution in [3.05, 3.63) is 65.7 Å². The number of nitrogens with two attached hydrogens (primary N) is 1. The zero-order chi connectivity index (χ0) is 26.2. The summed E-state index contributed by atoms with van der Waals surface area (Å²) in [4.78, 5) is 42.0. The number of ether oxygens (including phenoxy) is 1. The number of nitrogens with zero attached hydrogens (tertiary/aromatic N) is 1. The minimum Gasteiger partial charge on any atom is -0.491 e. The van der Waals surface area contributed by atoms with Gasteiger partial charge in [0.25, 0.3) is 0 Å². The monoisotopic (exact) mass is 508 g/mol. The number of aliphatic hydroxyl groups excluding tert-OH is 1. The summed E-state index contributed by atoms with van der Waals surface area (Å²) in [6, 6.07) is 14.7. The number of hydrogen-bond donors (Lipinski definition) is 4. The van der Waals surface area contributed by atoms with Gasteiger partial charge in [0.2, 0.25) is 17.7 Å². The zero-order valence-corrected chi connectivity index (χ0v) is 21.0. The number of piperazine rings is 1. The maximum absolute atomic E-state index is 13.8. The minimum atomic E-state index is -0.723. The highest BCUT2D eigenvalue weighted by Gasteiger charge is 2.54. The van der Waals surface area contributed by atoms with Crippen LogP contribution in [-0.2, 0) is 20.8 Å². The van der Waals surface area contributed by atoms with Gasteiger partial charge in [-0.3, -0.25) is 14.4 Å². The van der Waals surface area contributed by atoms with Crippen molar-refractivity contribution in [2.24, 2.45) is 11.7 Å². The first-order valence-corrected chi connectivity index (χ1v) is 13.0. The Balaban J connectivity index is 1.61. The predicted octanol–water partition coefficient (Wildman–Crippen LogP) is 1.30. The van der Waals surface area contributed by atoms with Crippen LogP contribution in [0.4, 0.5) is 0 Å². The van der Waals surface area contributed by atoms with Crippen molar-refractivity contribution < 1.29 is 24.2 Å². The van der Waals surface area contributed by atoms with E-state index < -0.39 is 24.0 Å². The van der Waals surface area contributed by atoms with Crippen molar-refractivity contribution in [1.82, 2.24) is 15.5 Å². The number of carbonyl (C=O) groups excluding carboxylic acids is 3. The lowest BCUT2D eigenvalue weighted by molar-refractivity contribution is -0.149. The second-order valence-corrected chi connectivity index (χ2v) is 9.58. The molecule has 198 valence electrons. The fourth-order valence-corrected chi connectivity index (χ4v) is 5.28. The number of benzene rings is 2. The SMILES string of the molecule is NCCCCCNC(=O)[C@@H]1C[C@@H]2C(=O)N[C@@H](Cc3ccccc3)C(=O)N2[C@@H]1c1cccc(OCCO)c1. The van der Waals surface area contributed by atoms with E-state index in [4.69, 9.17) is 15.6 Å². The van der Waals surface area contributed by atoms with Crippen molar-refractivity contribution in [2.45, 2.75) is 50.2 Å². The Kier molecular flexibility index (Phi) is 9.14. The lowest BCUT2D eigenvalue weighted by atomic mass is 9.92. The number of fused-ring (bicyclic) bond motifs is 1. The molecule has 2 aliphatic heterocycles. The van der Waals surface area contributed by atoms with Crippen LogP contribution in [0.15, 0.2) is 54.6 Å². The van der Waals surface area contributed by atoms with Gasteiger partial charge >= 0.3 is 0 Å². The van der Waals surface area contributed by atoms with E-state index in [-0.39, 0.29) is 37.4 Å². The van der Waals surface area contributed by atoms with Gasteiger partial charge in [-0.1, -0.05) is 48.9 Å². The molecule has 2 aliphatic rings. The van der Waals surface area contributed by atoms with Gasteiger partial charge in [0.1, 0.15) is 24.4 Å². The first kappa shape index (κ1) is 26.6. The van der Waals surface area contributed by atoms with Crippen LogP contribution in [0.1, 0.15) is 42.9 Å². The van der Waals surface area contributed by atoms with Gasteiger partial charge in [-0.2, -0.15) is 0 Å². The van der Waals surface area contributed by atoms with E-state index >= 15 is 0 Å². The molecule has 2 aromatic rings. The average Bonchev–Trinajstić information content (AvgIpc) is 3.33. The molecule has 2 fully saturated rings. The lowest BCUT2D eigenvalue weighted by Gasteiger charge is -2.38. The number of unbranched alkanes of at least 4 members (excludes halogenated alkanes) is 2. The number of hydrogen-bond acceptors (Lipinski definition) is 6. The maximum atomic E-state index is 13.8. The number of nitrogens with one attached hydrogen (secondary N) is 2. The summed E-state index contributed by atoms with van der Waals surface area (Å²) in [5.74, 6) is -0.660. The number of amides is 3. The molecular formula is C28H36N4O5. The summed E-state index contributed by atoms with van der Waals surface area (Å²) < 4.78 is 5.59. The van der Waals surface area contributed by atoms with E-state index in [0.717, 1.165) is 30.4 Å². The summed E-state index contributed by atoms with van der Waals surface area (Å²) >= 11 is 0. The van der Waals surface area contributed by atoms with Gasteiger partial charge in [0.05, 0.1) is 18.6 Å². The van der Waals surface area contributed by atoms with Crippen LogP contribution in [0, 0.1) is 5.92 Å². The van der Waals surface area contributed by atoms with Crippen LogP contribution >= 0.6 is 0 Å². The molecule has 5 N–H and O–H groups in total. The topological polar surface area (TPSA) is 134 Å². The summed E-state index contributed by atoms with van der Waals surface area (Å²) in [5, 5.41) is 15.1. The third-order valence-corrected chi connectivity index (χ3v) is 7.02. The Morgan fingerprint density at radius 2 is 1.92 bits per heavy atom. The zero-order valence-electron chi connectivity index (χ0n) is 21.0. The molecular weight excluding hydrogens is 472 g/mol. The average molecular weight is 509 g/mol. The molecule has 3 amide bonds. The van der Waals surface area contributed by atoms with Crippen LogP contribution in [0.5, 0.6) is 5.75 Å².